The zero-order chi connectivity index (χ0) is 14.7. The molecule has 3 rings (SSSR count). The number of hydrogen-bond donors (Lipinski definition) is 1. The van der Waals surface area contributed by atoms with Crippen molar-refractivity contribution in [3.05, 3.63) is 65.0 Å². The second kappa shape index (κ2) is 6.29. The van der Waals surface area contributed by atoms with Gasteiger partial charge in [0.1, 0.15) is 0 Å². The summed E-state index contributed by atoms with van der Waals surface area (Å²) in [6.45, 7) is 1.85. The lowest BCUT2D eigenvalue weighted by molar-refractivity contribution is 0.402. The molecule has 0 saturated carbocycles. The highest BCUT2D eigenvalue weighted by molar-refractivity contribution is 7.17. The van der Waals surface area contributed by atoms with Gasteiger partial charge in [0, 0.05) is 23.5 Å². The van der Waals surface area contributed by atoms with Gasteiger partial charge in [0.15, 0.2) is 0 Å². The number of fused-ring (bicyclic) bond motifs is 1. The van der Waals surface area contributed by atoms with Crippen molar-refractivity contribution in [2.24, 2.45) is 0 Å². The van der Waals surface area contributed by atoms with Crippen LogP contribution in [0.3, 0.4) is 0 Å². The van der Waals surface area contributed by atoms with Crippen LogP contribution < -0.4 is 5.32 Å². The zero-order valence-electron chi connectivity index (χ0n) is 12.5. The summed E-state index contributed by atoms with van der Waals surface area (Å²) in [5, 5.41) is 7.12. The Hall–Kier alpha value is -1.84. The summed E-state index contributed by atoms with van der Waals surface area (Å²) in [5.74, 6) is 0. The van der Waals surface area contributed by atoms with Crippen molar-refractivity contribution >= 4 is 27.1 Å². The Balaban J connectivity index is 1.67. The third-order valence-electron chi connectivity index (χ3n) is 3.50. The second-order valence-electron chi connectivity index (χ2n) is 5.55. The predicted octanol–water partition coefficient (Wildman–Crippen LogP) is 4.58. The second-order valence-corrected chi connectivity index (χ2v) is 6.46. The van der Waals surface area contributed by atoms with E-state index in [1.165, 1.54) is 26.9 Å². The zero-order valence-corrected chi connectivity index (χ0v) is 13.3. The van der Waals surface area contributed by atoms with E-state index >= 15 is 0 Å². The predicted molar refractivity (Wildman–Crippen MR) is 93.0 cm³/mol. The first-order chi connectivity index (χ1) is 10.2. The van der Waals surface area contributed by atoms with Crippen LogP contribution in [-0.2, 0) is 13.1 Å². The molecule has 0 radical (unpaired) electrons. The molecule has 0 spiro atoms. The molecule has 1 heterocycles. The molecule has 21 heavy (non-hydrogen) atoms. The molecule has 0 atom stereocenters. The number of benzene rings is 2. The van der Waals surface area contributed by atoms with Crippen molar-refractivity contribution in [1.82, 2.24) is 4.90 Å². The molecule has 2 nitrogen and oxygen atoms in total. The Bertz CT molecular complexity index is 713. The Labute approximate surface area is 130 Å². The molecule has 0 aliphatic carbocycles. The highest BCUT2D eigenvalue weighted by atomic mass is 32.1. The fraction of sp³-hybridized carbons (Fsp3) is 0.222. The lowest BCUT2D eigenvalue weighted by Gasteiger charge is -2.11. The fourth-order valence-electron chi connectivity index (χ4n) is 2.46. The van der Waals surface area contributed by atoms with E-state index < -0.39 is 0 Å². The summed E-state index contributed by atoms with van der Waals surface area (Å²) in [7, 11) is 4.18. The van der Waals surface area contributed by atoms with E-state index in [1.807, 2.05) is 11.3 Å². The Morgan fingerprint density at radius 3 is 2.52 bits per heavy atom. The van der Waals surface area contributed by atoms with Crippen LogP contribution in [-0.4, -0.2) is 19.0 Å². The molecule has 0 amide bonds. The van der Waals surface area contributed by atoms with E-state index in [-0.39, 0.29) is 0 Å². The highest BCUT2D eigenvalue weighted by Gasteiger charge is 2.03. The number of hydrogen-bond acceptors (Lipinski definition) is 3. The Morgan fingerprint density at radius 2 is 1.76 bits per heavy atom. The monoisotopic (exact) mass is 296 g/mol. The SMILES string of the molecule is CN(C)Cc1ccc(NCc2csc3ccccc23)cc1. The van der Waals surface area contributed by atoms with Gasteiger partial charge in [0.2, 0.25) is 0 Å². The number of thiophene rings is 1. The normalized spacial score (nSPS) is 11.2. The average Bonchev–Trinajstić information content (AvgIpc) is 2.89. The maximum atomic E-state index is 3.51. The lowest BCUT2D eigenvalue weighted by Crippen LogP contribution is -2.10. The van der Waals surface area contributed by atoms with Crippen LogP contribution in [0, 0.1) is 0 Å². The molecule has 0 saturated heterocycles. The van der Waals surface area contributed by atoms with Crippen molar-refractivity contribution in [1.29, 1.82) is 0 Å². The van der Waals surface area contributed by atoms with E-state index in [0.29, 0.717) is 0 Å². The number of rotatable bonds is 5. The Morgan fingerprint density at radius 1 is 1.00 bits per heavy atom. The summed E-state index contributed by atoms with van der Waals surface area (Å²) in [5.41, 5.74) is 3.88. The van der Waals surface area contributed by atoms with E-state index in [0.717, 1.165) is 13.1 Å². The molecule has 0 fully saturated rings. The standard InChI is InChI=1S/C18H20N2S/c1-20(2)12-14-7-9-16(10-8-14)19-11-15-13-21-18-6-4-3-5-17(15)18/h3-10,13,19H,11-12H2,1-2H3. The van der Waals surface area contributed by atoms with Gasteiger partial charge in [-0.25, -0.2) is 0 Å². The van der Waals surface area contributed by atoms with Crippen LogP contribution in [0.1, 0.15) is 11.1 Å². The highest BCUT2D eigenvalue weighted by Crippen LogP contribution is 2.26. The Kier molecular flexibility index (Phi) is 4.23. The van der Waals surface area contributed by atoms with Gasteiger partial charge in [0.05, 0.1) is 0 Å². The van der Waals surface area contributed by atoms with E-state index in [1.54, 1.807) is 0 Å². The van der Waals surface area contributed by atoms with Gasteiger partial charge >= 0.3 is 0 Å². The van der Waals surface area contributed by atoms with E-state index in [4.69, 9.17) is 0 Å². The molecule has 0 aliphatic heterocycles. The van der Waals surface area contributed by atoms with Gasteiger partial charge in [-0.2, -0.15) is 0 Å². The van der Waals surface area contributed by atoms with Crippen LogP contribution in [0.25, 0.3) is 10.1 Å². The topological polar surface area (TPSA) is 15.3 Å². The molecule has 0 unspecified atom stereocenters. The largest absolute Gasteiger partial charge is 0.381 e. The van der Waals surface area contributed by atoms with E-state index in [2.05, 4.69) is 78.2 Å². The summed E-state index contributed by atoms with van der Waals surface area (Å²) < 4.78 is 1.36. The molecule has 1 aromatic heterocycles. The molecule has 3 heteroatoms. The summed E-state index contributed by atoms with van der Waals surface area (Å²) in [4.78, 5) is 2.18. The van der Waals surface area contributed by atoms with Crippen LogP contribution in [0.15, 0.2) is 53.9 Å². The first-order valence-corrected chi connectivity index (χ1v) is 8.03. The third-order valence-corrected chi connectivity index (χ3v) is 4.51. The molecule has 1 N–H and O–H groups in total. The van der Waals surface area contributed by atoms with Gasteiger partial charge in [-0.05, 0) is 54.2 Å². The van der Waals surface area contributed by atoms with Crippen LogP contribution in [0.5, 0.6) is 0 Å². The third kappa shape index (κ3) is 3.43. The molecule has 0 aliphatic rings. The van der Waals surface area contributed by atoms with Crippen LogP contribution in [0.2, 0.25) is 0 Å². The molecule has 3 aromatic rings. The van der Waals surface area contributed by atoms with Gasteiger partial charge in [-0.15, -0.1) is 11.3 Å². The average molecular weight is 296 g/mol. The van der Waals surface area contributed by atoms with Crippen molar-refractivity contribution in [2.75, 3.05) is 19.4 Å². The molecular formula is C18H20N2S. The summed E-state index contributed by atoms with van der Waals surface area (Å²) >= 11 is 1.81. The van der Waals surface area contributed by atoms with Crippen LogP contribution in [0.4, 0.5) is 5.69 Å². The van der Waals surface area contributed by atoms with Gasteiger partial charge in [-0.3, -0.25) is 0 Å². The van der Waals surface area contributed by atoms with Crippen molar-refractivity contribution in [3.63, 3.8) is 0 Å². The first-order valence-electron chi connectivity index (χ1n) is 7.15. The molecular weight excluding hydrogens is 276 g/mol. The molecule has 2 aromatic carbocycles. The minimum atomic E-state index is 0.872. The van der Waals surface area contributed by atoms with Gasteiger partial charge in [-0.1, -0.05) is 30.3 Å². The lowest BCUT2D eigenvalue weighted by atomic mass is 10.1. The maximum Gasteiger partial charge on any atom is 0.0415 e. The minimum Gasteiger partial charge on any atom is -0.381 e. The first kappa shape index (κ1) is 14.1. The minimum absolute atomic E-state index is 0.872. The number of nitrogens with zero attached hydrogens (tertiary/aromatic N) is 1. The fourth-order valence-corrected chi connectivity index (χ4v) is 3.42. The number of nitrogens with one attached hydrogen (secondary N) is 1. The smallest absolute Gasteiger partial charge is 0.0415 e. The number of anilines is 1. The van der Waals surface area contributed by atoms with Crippen molar-refractivity contribution in [2.45, 2.75) is 13.1 Å². The van der Waals surface area contributed by atoms with Crippen LogP contribution >= 0.6 is 11.3 Å². The van der Waals surface area contributed by atoms with Crippen molar-refractivity contribution in [3.8, 4) is 0 Å². The molecule has 0 bridgehead atoms. The summed E-state index contributed by atoms with van der Waals surface area (Å²) in [6.07, 6.45) is 0. The summed E-state index contributed by atoms with van der Waals surface area (Å²) in [6, 6.07) is 17.3. The van der Waals surface area contributed by atoms with Gasteiger partial charge < -0.3 is 10.2 Å². The van der Waals surface area contributed by atoms with E-state index in [9.17, 15) is 0 Å². The maximum absolute atomic E-state index is 3.51. The van der Waals surface area contributed by atoms with Gasteiger partial charge in [0.25, 0.3) is 0 Å². The molecule has 108 valence electrons. The van der Waals surface area contributed by atoms with Crippen molar-refractivity contribution < 1.29 is 0 Å². The quantitative estimate of drug-likeness (QED) is 0.741.